The number of benzene rings is 1. The number of nitrogens with one attached hydrogen (secondary N) is 1. The number of carbonyl (C=O) groups is 1. The Balaban J connectivity index is 1.59. The van der Waals surface area contributed by atoms with Crippen LogP contribution in [0.25, 0.3) is 0 Å². The van der Waals surface area contributed by atoms with Crippen molar-refractivity contribution in [3.05, 3.63) is 57.3 Å². The lowest BCUT2D eigenvalue weighted by atomic mass is 10.1. The van der Waals surface area contributed by atoms with Crippen molar-refractivity contribution >= 4 is 17.2 Å². The summed E-state index contributed by atoms with van der Waals surface area (Å²) in [6, 6.07) is 12.4. The summed E-state index contributed by atoms with van der Waals surface area (Å²) >= 11 is 1.53. The summed E-state index contributed by atoms with van der Waals surface area (Å²) in [5, 5.41) is 13.1. The summed E-state index contributed by atoms with van der Waals surface area (Å²) in [7, 11) is 0. The molecule has 5 heteroatoms. The van der Waals surface area contributed by atoms with Gasteiger partial charge in [-0.25, -0.2) is 0 Å². The minimum absolute atomic E-state index is 0.0164. The average Bonchev–Trinajstić information content (AvgIpc) is 3.08. The lowest BCUT2D eigenvalue weighted by Gasteiger charge is -2.24. The van der Waals surface area contributed by atoms with Gasteiger partial charge in [0.15, 0.2) is 0 Å². The third-order valence-electron chi connectivity index (χ3n) is 4.62. The van der Waals surface area contributed by atoms with Crippen LogP contribution in [0.15, 0.2) is 36.4 Å². The minimum atomic E-state index is -0.318. The van der Waals surface area contributed by atoms with E-state index in [-0.39, 0.29) is 18.1 Å². The van der Waals surface area contributed by atoms with Crippen LogP contribution in [-0.2, 0) is 6.54 Å². The summed E-state index contributed by atoms with van der Waals surface area (Å²) < 4.78 is 0. The van der Waals surface area contributed by atoms with Crippen LogP contribution in [0.1, 0.15) is 32.1 Å². The second-order valence-corrected chi connectivity index (χ2v) is 7.77. The average molecular weight is 344 g/mol. The first-order chi connectivity index (χ1) is 11.5. The highest BCUT2D eigenvalue weighted by Crippen LogP contribution is 2.22. The number of rotatable bonds is 5. The van der Waals surface area contributed by atoms with Crippen LogP contribution in [0.3, 0.4) is 0 Å². The van der Waals surface area contributed by atoms with Gasteiger partial charge in [0.25, 0.3) is 5.91 Å². The van der Waals surface area contributed by atoms with Gasteiger partial charge in [-0.3, -0.25) is 9.69 Å². The van der Waals surface area contributed by atoms with Gasteiger partial charge in [-0.15, -0.1) is 11.3 Å². The van der Waals surface area contributed by atoms with Crippen LogP contribution < -0.4 is 5.32 Å². The van der Waals surface area contributed by atoms with E-state index in [9.17, 15) is 9.90 Å². The van der Waals surface area contributed by atoms with Gasteiger partial charge in [0.2, 0.25) is 0 Å². The van der Waals surface area contributed by atoms with E-state index in [4.69, 9.17) is 0 Å². The molecule has 1 aromatic heterocycles. The Bertz CT molecular complexity index is 679. The first-order valence-electron chi connectivity index (χ1n) is 8.34. The monoisotopic (exact) mass is 344 g/mol. The van der Waals surface area contributed by atoms with E-state index in [0.717, 1.165) is 17.0 Å². The molecule has 2 N–H and O–H groups in total. The summed E-state index contributed by atoms with van der Waals surface area (Å²) in [4.78, 5) is 16.5. The molecule has 1 aliphatic rings. The van der Waals surface area contributed by atoms with Gasteiger partial charge in [0.05, 0.1) is 11.0 Å². The van der Waals surface area contributed by atoms with Crippen LogP contribution in [-0.4, -0.2) is 41.1 Å². The number of hydrogen-bond donors (Lipinski definition) is 2. The molecular formula is C19H24N2O2S. The highest BCUT2D eigenvalue weighted by molar-refractivity contribution is 7.14. The fraction of sp³-hybridized carbons (Fsp3) is 0.421. The molecule has 0 aliphatic carbocycles. The van der Waals surface area contributed by atoms with Crippen LogP contribution >= 0.6 is 11.3 Å². The highest BCUT2D eigenvalue weighted by atomic mass is 32.1. The number of β-amino-alcohol motifs (C(OH)–C–C–N with tert-alkyl or cyclic N) is 1. The number of amides is 1. The fourth-order valence-corrected chi connectivity index (χ4v) is 4.11. The van der Waals surface area contributed by atoms with Crippen molar-refractivity contribution in [3.63, 3.8) is 0 Å². The predicted molar refractivity (Wildman–Crippen MR) is 97.4 cm³/mol. The Labute approximate surface area is 147 Å². The van der Waals surface area contributed by atoms with Crippen LogP contribution in [0.2, 0.25) is 0 Å². The Morgan fingerprint density at radius 2 is 2.08 bits per heavy atom. The van der Waals surface area contributed by atoms with Crippen molar-refractivity contribution in [1.82, 2.24) is 10.2 Å². The van der Waals surface area contributed by atoms with E-state index in [2.05, 4.69) is 22.3 Å². The zero-order chi connectivity index (χ0) is 17.1. The van der Waals surface area contributed by atoms with E-state index < -0.39 is 0 Å². The first-order valence-corrected chi connectivity index (χ1v) is 9.16. The molecule has 1 aliphatic heterocycles. The molecule has 1 fully saturated rings. The predicted octanol–water partition coefficient (Wildman–Crippen LogP) is 2.73. The summed E-state index contributed by atoms with van der Waals surface area (Å²) in [5.74, 6) is -0.0164. The third-order valence-corrected chi connectivity index (χ3v) is 5.77. The third kappa shape index (κ3) is 4.04. The second-order valence-electron chi connectivity index (χ2n) is 6.52. The fourth-order valence-electron chi connectivity index (χ4n) is 3.16. The number of likely N-dealkylation sites (tertiary alicyclic amines) is 1. The molecule has 24 heavy (non-hydrogen) atoms. The van der Waals surface area contributed by atoms with E-state index in [1.807, 2.05) is 38.1 Å². The lowest BCUT2D eigenvalue weighted by Crippen LogP contribution is -2.39. The summed E-state index contributed by atoms with van der Waals surface area (Å²) in [5.41, 5.74) is 2.39. The number of nitrogens with zero attached hydrogens (tertiary/aromatic N) is 1. The standard InChI is InChI=1S/C19H24N2O2S/c1-13-8-18(24-14(13)2)19(23)20-10-16-9-17(22)12-21(16)11-15-6-4-3-5-7-15/h3-8,16-17,22H,9-12H2,1-2H3,(H,20,23). The van der Waals surface area contributed by atoms with E-state index in [1.54, 1.807) is 0 Å². The number of aliphatic hydroxyl groups is 1. The minimum Gasteiger partial charge on any atom is -0.392 e. The van der Waals surface area contributed by atoms with Crippen molar-refractivity contribution in [1.29, 1.82) is 0 Å². The molecule has 2 heterocycles. The molecule has 0 radical (unpaired) electrons. The van der Waals surface area contributed by atoms with Gasteiger partial charge < -0.3 is 10.4 Å². The van der Waals surface area contributed by atoms with Gasteiger partial charge in [-0.1, -0.05) is 30.3 Å². The van der Waals surface area contributed by atoms with E-state index in [1.165, 1.54) is 21.8 Å². The number of hydrogen-bond acceptors (Lipinski definition) is 4. The lowest BCUT2D eigenvalue weighted by molar-refractivity contribution is 0.0944. The maximum absolute atomic E-state index is 12.3. The molecule has 2 aromatic rings. The normalized spacial score (nSPS) is 21.1. The van der Waals surface area contributed by atoms with Crippen molar-refractivity contribution in [2.45, 2.75) is 39.0 Å². The molecule has 3 rings (SSSR count). The van der Waals surface area contributed by atoms with Gasteiger partial charge >= 0.3 is 0 Å². The molecule has 1 saturated heterocycles. The van der Waals surface area contributed by atoms with Gasteiger partial charge in [-0.05, 0) is 37.5 Å². The molecular weight excluding hydrogens is 320 g/mol. The molecule has 2 atom stereocenters. The van der Waals surface area contributed by atoms with Crippen molar-refractivity contribution in [3.8, 4) is 0 Å². The van der Waals surface area contributed by atoms with E-state index >= 15 is 0 Å². The molecule has 0 saturated carbocycles. The molecule has 1 amide bonds. The summed E-state index contributed by atoms with van der Waals surface area (Å²) in [6.45, 7) is 6.09. The van der Waals surface area contributed by atoms with Gasteiger partial charge in [-0.2, -0.15) is 0 Å². The Morgan fingerprint density at radius 3 is 2.75 bits per heavy atom. The number of thiophene rings is 1. The number of aryl methyl sites for hydroxylation is 2. The molecule has 128 valence electrons. The van der Waals surface area contributed by atoms with Crippen LogP contribution in [0.5, 0.6) is 0 Å². The zero-order valence-corrected chi connectivity index (χ0v) is 15.0. The largest absolute Gasteiger partial charge is 0.392 e. The SMILES string of the molecule is Cc1cc(C(=O)NCC2CC(O)CN2Cc2ccccc2)sc1C. The molecule has 0 spiro atoms. The topological polar surface area (TPSA) is 52.6 Å². The maximum Gasteiger partial charge on any atom is 0.261 e. The van der Waals surface area contributed by atoms with Crippen LogP contribution in [0.4, 0.5) is 0 Å². The highest BCUT2D eigenvalue weighted by Gasteiger charge is 2.31. The van der Waals surface area contributed by atoms with Crippen molar-refractivity contribution in [2.75, 3.05) is 13.1 Å². The molecule has 0 bridgehead atoms. The Kier molecular flexibility index (Phi) is 5.33. The summed E-state index contributed by atoms with van der Waals surface area (Å²) in [6.07, 6.45) is 0.386. The molecule has 1 aromatic carbocycles. The van der Waals surface area contributed by atoms with Crippen molar-refractivity contribution in [2.24, 2.45) is 0 Å². The number of carbonyl (C=O) groups excluding carboxylic acids is 1. The Hall–Kier alpha value is -1.69. The maximum atomic E-state index is 12.3. The Morgan fingerprint density at radius 1 is 1.33 bits per heavy atom. The van der Waals surface area contributed by atoms with Crippen LogP contribution in [0, 0.1) is 13.8 Å². The second kappa shape index (κ2) is 7.47. The smallest absolute Gasteiger partial charge is 0.261 e. The van der Waals surface area contributed by atoms with Gasteiger partial charge in [0.1, 0.15) is 0 Å². The van der Waals surface area contributed by atoms with E-state index in [0.29, 0.717) is 19.5 Å². The number of aliphatic hydroxyl groups excluding tert-OH is 1. The molecule has 4 nitrogen and oxygen atoms in total. The quantitative estimate of drug-likeness (QED) is 0.877. The first kappa shape index (κ1) is 17.1. The van der Waals surface area contributed by atoms with Gasteiger partial charge in [0, 0.05) is 30.6 Å². The zero-order valence-electron chi connectivity index (χ0n) is 14.2. The molecule has 2 unspecified atom stereocenters. The van der Waals surface area contributed by atoms with Crippen molar-refractivity contribution < 1.29 is 9.90 Å².